The first-order valence-corrected chi connectivity index (χ1v) is 10.6. The smallest absolute Gasteiger partial charge is 0.407 e. The first kappa shape index (κ1) is 24.1. The summed E-state index contributed by atoms with van der Waals surface area (Å²) in [5.74, 6) is -0.216. The van der Waals surface area contributed by atoms with Crippen molar-refractivity contribution in [1.29, 1.82) is 0 Å². The predicted molar refractivity (Wildman–Crippen MR) is 119 cm³/mol. The number of amides is 1. The lowest BCUT2D eigenvalue weighted by Gasteiger charge is -2.21. The Bertz CT molecular complexity index is 869. The number of aryl methyl sites for hydroxylation is 1. The molecule has 166 valence electrons. The van der Waals surface area contributed by atoms with E-state index in [2.05, 4.69) is 33.5 Å². The van der Waals surface area contributed by atoms with Crippen molar-refractivity contribution in [3.63, 3.8) is 0 Å². The van der Waals surface area contributed by atoms with E-state index >= 15 is 0 Å². The molecule has 0 aromatic carbocycles. The number of nitrogens with zero attached hydrogens (tertiary/aromatic N) is 2. The number of esters is 1. The van der Waals surface area contributed by atoms with Gasteiger partial charge in [0, 0.05) is 49.7 Å². The maximum Gasteiger partial charge on any atom is 0.407 e. The Morgan fingerprint density at radius 3 is 2.65 bits per heavy atom. The van der Waals surface area contributed by atoms with Crippen molar-refractivity contribution in [2.75, 3.05) is 13.7 Å². The molecule has 0 bridgehead atoms. The number of alkyl carbamates (subject to hydrolysis) is 1. The van der Waals surface area contributed by atoms with Crippen LogP contribution in [-0.4, -0.2) is 35.7 Å². The van der Waals surface area contributed by atoms with Gasteiger partial charge in [0.05, 0.1) is 7.11 Å². The van der Waals surface area contributed by atoms with Crippen molar-refractivity contribution in [2.24, 2.45) is 0 Å². The van der Waals surface area contributed by atoms with E-state index in [0.717, 1.165) is 42.4 Å². The van der Waals surface area contributed by atoms with E-state index in [9.17, 15) is 9.59 Å². The van der Waals surface area contributed by atoms with Gasteiger partial charge < -0.3 is 14.8 Å². The molecule has 7 heteroatoms. The zero-order valence-electron chi connectivity index (χ0n) is 18.3. The number of carbonyl (C=O) groups excluding carboxylic acids is 2. The zero-order valence-corrected chi connectivity index (χ0v) is 18.3. The van der Waals surface area contributed by atoms with Crippen LogP contribution in [0, 0.1) is 0 Å². The monoisotopic (exact) mass is 425 g/mol. The summed E-state index contributed by atoms with van der Waals surface area (Å²) in [7, 11) is 1.38. The Hall–Kier alpha value is -3.22. The standard InChI is InChI=1S/C24H31N3O4/c1-4-18-10-13-25-16-20(18)15-22(21-17-26-14-11-19(21)5-2)31-24(29)27-12-8-6-7-9-23(28)30-3/h5,10-11,13-14,16-17,22H,2,4,6-9,12,15H2,1,3H3,(H,27,29). The summed E-state index contributed by atoms with van der Waals surface area (Å²) in [5.41, 5.74) is 3.87. The fourth-order valence-electron chi connectivity index (χ4n) is 3.31. The molecule has 31 heavy (non-hydrogen) atoms. The summed E-state index contributed by atoms with van der Waals surface area (Å²) < 4.78 is 10.4. The molecule has 0 aliphatic carbocycles. The molecule has 1 N–H and O–H groups in total. The zero-order chi connectivity index (χ0) is 22.5. The van der Waals surface area contributed by atoms with E-state index in [4.69, 9.17) is 4.74 Å². The number of unbranched alkanes of at least 4 members (excludes halogenated alkanes) is 2. The Morgan fingerprint density at radius 1 is 1.13 bits per heavy atom. The van der Waals surface area contributed by atoms with E-state index in [1.165, 1.54) is 12.7 Å². The van der Waals surface area contributed by atoms with Crippen LogP contribution in [0.15, 0.2) is 43.5 Å². The molecule has 1 unspecified atom stereocenters. The fraction of sp³-hybridized carbons (Fsp3) is 0.417. The number of carbonyl (C=O) groups is 2. The minimum absolute atomic E-state index is 0.216. The lowest BCUT2D eigenvalue weighted by molar-refractivity contribution is -0.140. The van der Waals surface area contributed by atoms with Gasteiger partial charge in [0.25, 0.3) is 0 Å². The molecule has 2 aromatic heterocycles. The summed E-state index contributed by atoms with van der Waals surface area (Å²) in [4.78, 5) is 32.1. The molecule has 0 aliphatic rings. The number of pyridine rings is 2. The van der Waals surface area contributed by atoms with E-state index in [0.29, 0.717) is 19.4 Å². The largest absolute Gasteiger partial charge is 0.469 e. The number of hydrogen-bond donors (Lipinski definition) is 1. The summed E-state index contributed by atoms with van der Waals surface area (Å²) in [6, 6.07) is 3.83. The van der Waals surface area contributed by atoms with Crippen LogP contribution in [0.5, 0.6) is 0 Å². The van der Waals surface area contributed by atoms with E-state index in [-0.39, 0.29) is 5.97 Å². The van der Waals surface area contributed by atoms with Crippen molar-refractivity contribution in [2.45, 2.75) is 51.6 Å². The molecule has 2 aromatic rings. The molecule has 2 rings (SSSR count). The summed E-state index contributed by atoms with van der Waals surface area (Å²) in [6.45, 7) is 6.42. The molecule has 0 aliphatic heterocycles. The van der Waals surface area contributed by atoms with Crippen molar-refractivity contribution in [3.8, 4) is 0 Å². The number of hydrogen-bond acceptors (Lipinski definition) is 6. The second-order valence-electron chi connectivity index (χ2n) is 7.12. The van der Waals surface area contributed by atoms with Gasteiger partial charge in [-0.15, -0.1) is 0 Å². The third kappa shape index (κ3) is 7.85. The maximum atomic E-state index is 12.5. The molecule has 1 atom stereocenters. The van der Waals surface area contributed by atoms with Gasteiger partial charge >= 0.3 is 12.1 Å². The second kappa shape index (κ2) is 13.2. The lowest BCUT2D eigenvalue weighted by Crippen LogP contribution is -2.28. The number of aromatic nitrogens is 2. The van der Waals surface area contributed by atoms with Crippen LogP contribution in [0.2, 0.25) is 0 Å². The van der Waals surface area contributed by atoms with Crippen LogP contribution in [0.25, 0.3) is 6.08 Å². The molecule has 7 nitrogen and oxygen atoms in total. The lowest BCUT2D eigenvalue weighted by atomic mass is 9.96. The fourth-order valence-corrected chi connectivity index (χ4v) is 3.31. The van der Waals surface area contributed by atoms with Crippen molar-refractivity contribution in [1.82, 2.24) is 15.3 Å². The van der Waals surface area contributed by atoms with E-state index in [1.807, 2.05) is 18.3 Å². The second-order valence-corrected chi connectivity index (χ2v) is 7.12. The average molecular weight is 426 g/mol. The minimum atomic E-state index is -0.518. The first-order valence-electron chi connectivity index (χ1n) is 10.6. The van der Waals surface area contributed by atoms with Gasteiger partial charge in [0.2, 0.25) is 0 Å². The summed E-state index contributed by atoms with van der Waals surface area (Å²) in [5, 5.41) is 2.80. The van der Waals surface area contributed by atoms with Crippen molar-refractivity contribution < 1.29 is 19.1 Å². The van der Waals surface area contributed by atoms with Crippen LogP contribution < -0.4 is 5.32 Å². The first-order chi connectivity index (χ1) is 15.1. The predicted octanol–water partition coefficient (Wildman–Crippen LogP) is 4.43. The topological polar surface area (TPSA) is 90.4 Å². The van der Waals surface area contributed by atoms with Crippen LogP contribution in [0.3, 0.4) is 0 Å². The van der Waals surface area contributed by atoms with Gasteiger partial charge in [-0.2, -0.15) is 0 Å². The summed E-state index contributed by atoms with van der Waals surface area (Å²) >= 11 is 0. The average Bonchev–Trinajstić information content (AvgIpc) is 2.80. The number of ether oxygens (including phenoxy) is 2. The molecule has 2 heterocycles. The molecule has 0 radical (unpaired) electrons. The van der Waals surface area contributed by atoms with Crippen molar-refractivity contribution in [3.05, 3.63) is 65.8 Å². The highest BCUT2D eigenvalue weighted by Crippen LogP contribution is 2.27. The molecule has 0 saturated carbocycles. The Labute approximate surface area is 183 Å². The Morgan fingerprint density at radius 2 is 1.90 bits per heavy atom. The Kier molecular flexibility index (Phi) is 10.2. The third-order valence-corrected chi connectivity index (χ3v) is 5.05. The highest BCUT2D eigenvalue weighted by Gasteiger charge is 2.21. The quantitative estimate of drug-likeness (QED) is 0.400. The van der Waals surface area contributed by atoms with Crippen LogP contribution in [0.4, 0.5) is 4.79 Å². The van der Waals surface area contributed by atoms with Crippen LogP contribution in [-0.2, 0) is 27.1 Å². The van der Waals surface area contributed by atoms with E-state index < -0.39 is 12.2 Å². The highest BCUT2D eigenvalue weighted by atomic mass is 16.6. The molecule has 1 amide bonds. The van der Waals surface area contributed by atoms with Gasteiger partial charge in [-0.25, -0.2) is 4.79 Å². The molecular weight excluding hydrogens is 394 g/mol. The number of rotatable bonds is 12. The highest BCUT2D eigenvalue weighted by molar-refractivity contribution is 5.69. The molecular formula is C24H31N3O4. The number of methoxy groups -OCH3 is 1. The minimum Gasteiger partial charge on any atom is -0.469 e. The SMILES string of the molecule is C=Cc1ccncc1C(Cc1cnccc1CC)OC(=O)NCCCCCC(=O)OC. The van der Waals surface area contributed by atoms with Gasteiger partial charge in [-0.1, -0.05) is 26.0 Å². The molecule has 0 spiro atoms. The van der Waals surface area contributed by atoms with Crippen LogP contribution >= 0.6 is 0 Å². The van der Waals surface area contributed by atoms with E-state index in [1.54, 1.807) is 24.7 Å². The Balaban J connectivity index is 2.01. The maximum absolute atomic E-state index is 12.5. The molecule has 0 fully saturated rings. The van der Waals surface area contributed by atoms with Crippen molar-refractivity contribution >= 4 is 18.1 Å². The van der Waals surface area contributed by atoms with Gasteiger partial charge in [0.15, 0.2) is 0 Å². The summed E-state index contributed by atoms with van der Waals surface area (Å²) in [6.07, 6.45) is 11.8. The normalized spacial score (nSPS) is 11.4. The van der Waals surface area contributed by atoms with Crippen LogP contribution in [0.1, 0.15) is 61.0 Å². The van der Waals surface area contributed by atoms with Gasteiger partial charge in [-0.3, -0.25) is 14.8 Å². The number of nitrogens with one attached hydrogen (secondary N) is 1. The van der Waals surface area contributed by atoms with Gasteiger partial charge in [-0.05, 0) is 48.1 Å². The third-order valence-electron chi connectivity index (χ3n) is 5.05. The van der Waals surface area contributed by atoms with Gasteiger partial charge in [0.1, 0.15) is 6.10 Å². The molecule has 0 saturated heterocycles.